The maximum absolute atomic E-state index is 11.9. The van der Waals surface area contributed by atoms with Gasteiger partial charge in [-0.05, 0) is 58.0 Å². The molecule has 1 N–H and O–H groups in total. The van der Waals surface area contributed by atoms with E-state index < -0.39 is 0 Å². The molecule has 2 saturated heterocycles. The molecule has 1 aromatic rings. The lowest BCUT2D eigenvalue weighted by molar-refractivity contribution is -0.117. The number of anilines is 1. The first-order chi connectivity index (χ1) is 12.0. The van der Waals surface area contributed by atoms with Gasteiger partial charge in [-0.1, -0.05) is 12.1 Å². The van der Waals surface area contributed by atoms with Gasteiger partial charge in [0, 0.05) is 50.0 Å². The van der Waals surface area contributed by atoms with Crippen molar-refractivity contribution in [3.63, 3.8) is 0 Å². The minimum absolute atomic E-state index is 0.175. The predicted molar refractivity (Wildman–Crippen MR) is 101 cm³/mol. The van der Waals surface area contributed by atoms with Crippen LogP contribution in [0.3, 0.4) is 0 Å². The van der Waals surface area contributed by atoms with Gasteiger partial charge in [0.05, 0.1) is 0 Å². The average Bonchev–Trinajstić information content (AvgIpc) is 3.06. The Morgan fingerprint density at radius 2 is 1.92 bits per heavy atom. The fourth-order valence-corrected chi connectivity index (χ4v) is 3.86. The smallest absolute Gasteiger partial charge is 0.227 e. The molecule has 5 heteroatoms. The second-order valence-electron chi connectivity index (χ2n) is 7.57. The van der Waals surface area contributed by atoms with Crippen LogP contribution in [0.15, 0.2) is 24.3 Å². The Morgan fingerprint density at radius 3 is 2.48 bits per heavy atom. The van der Waals surface area contributed by atoms with Crippen LogP contribution in [0.1, 0.15) is 44.2 Å². The van der Waals surface area contributed by atoms with E-state index in [9.17, 15) is 4.79 Å². The Hall–Kier alpha value is -1.43. The van der Waals surface area contributed by atoms with Crippen molar-refractivity contribution in [1.82, 2.24) is 10.2 Å². The van der Waals surface area contributed by atoms with Crippen molar-refractivity contribution in [1.29, 1.82) is 0 Å². The van der Waals surface area contributed by atoms with Crippen molar-refractivity contribution >= 4 is 11.6 Å². The molecule has 2 heterocycles. The number of nitrogens with zero attached hydrogens (tertiary/aromatic N) is 2. The summed E-state index contributed by atoms with van der Waals surface area (Å²) in [5.74, 6) is 0.242. The fourth-order valence-electron chi connectivity index (χ4n) is 3.86. The van der Waals surface area contributed by atoms with Crippen LogP contribution in [0.5, 0.6) is 0 Å². The lowest BCUT2D eigenvalue weighted by atomic mass is 9.88. The first kappa shape index (κ1) is 18.4. The molecule has 138 valence electrons. The summed E-state index contributed by atoms with van der Waals surface area (Å²) in [6.07, 6.45) is 3.77. The molecule has 2 aliphatic heterocycles. The van der Waals surface area contributed by atoms with Gasteiger partial charge < -0.3 is 19.9 Å². The van der Waals surface area contributed by atoms with E-state index in [0.717, 1.165) is 51.3 Å². The van der Waals surface area contributed by atoms with Crippen molar-refractivity contribution in [3.8, 4) is 0 Å². The van der Waals surface area contributed by atoms with Gasteiger partial charge in [0.25, 0.3) is 0 Å². The van der Waals surface area contributed by atoms with Crippen molar-refractivity contribution < 1.29 is 9.53 Å². The number of benzene rings is 1. The number of nitrogens with one attached hydrogen (secondary N) is 1. The molecule has 1 aromatic carbocycles. The third kappa shape index (κ3) is 4.05. The zero-order valence-electron chi connectivity index (χ0n) is 15.8. The molecule has 0 aromatic heterocycles. The molecule has 0 aliphatic carbocycles. The van der Waals surface area contributed by atoms with E-state index in [4.69, 9.17) is 4.74 Å². The summed E-state index contributed by atoms with van der Waals surface area (Å²) in [6.45, 7) is 5.69. The highest BCUT2D eigenvalue weighted by atomic mass is 16.5. The standard InChI is InChI=1S/C20H31N3O2/c1-16(21-15-20(22(2)3)10-13-25-14-11-20)17-6-8-18(9-7-17)23-12-4-5-19(23)24/h6-9,16,21H,4-5,10-15H2,1-3H3. The largest absolute Gasteiger partial charge is 0.381 e. The molecule has 25 heavy (non-hydrogen) atoms. The van der Waals surface area contributed by atoms with Gasteiger partial charge in [0.2, 0.25) is 5.91 Å². The highest BCUT2D eigenvalue weighted by Crippen LogP contribution is 2.27. The monoisotopic (exact) mass is 345 g/mol. The normalized spacial score (nSPS) is 21.8. The number of hydrogen-bond donors (Lipinski definition) is 1. The number of rotatable bonds is 6. The summed E-state index contributed by atoms with van der Waals surface area (Å²) in [6, 6.07) is 8.72. The molecule has 0 radical (unpaired) electrons. The maximum Gasteiger partial charge on any atom is 0.227 e. The lowest BCUT2D eigenvalue weighted by Gasteiger charge is -2.43. The van der Waals surface area contributed by atoms with Crippen LogP contribution in [0.2, 0.25) is 0 Å². The Morgan fingerprint density at radius 1 is 1.24 bits per heavy atom. The van der Waals surface area contributed by atoms with Crippen LogP contribution in [0, 0.1) is 0 Å². The van der Waals surface area contributed by atoms with Gasteiger partial charge in [-0.3, -0.25) is 4.79 Å². The summed E-state index contributed by atoms with van der Waals surface area (Å²) in [4.78, 5) is 16.1. The molecule has 0 bridgehead atoms. The molecule has 2 aliphatic rings. The average molecular weight is 345 g/mol. The molecule has 5 nitrogen and oxygen atoms in total. The summed E-state index contributed by atoms with van der Waals surface area (Å²) in [5.41, 5.74) is 2.46. The summed E-state index contributed by atoms with van der Waals surface area (Å²) < 4.78 is 5.55. The van der Waals surface area contributed by atoms with Crippen molar-refractivity contribution in [2.75, 3.05) is 45.3 Å². The number of hydrogen-bond acceptors (Lipinski definition) is 4. The summed E-state index contributed by atoms with van der Waals surface area (Å²) in [7, 11) is 4.33. The highest BCUT2D eigenvalue weighted by molar-refractivity contribution is 5.95. The van der Waals surface area contributed by atoms with Gasteiger partial charge in [-0.25, -0.2) is 0 Å². The number of ether oxygens (including phenoxy) is 1. The predicted octanol–water partition coefficient (Wildman–Crippen LogP) is 2.57. The van der Waals surface area contributed by atoms with E-state index >= 15 is 0 Å². The van der Waals surface area contributed by atoms with E-state index in [2.05, 4.69) is 55.5 Å². The molecule has 1 unspecified atom stereocenters. The molecule has 3 rings (SSSR count). The Bertz CT molecular complexity index is 579. The molecular formula is C20H31N3O2. The molecule has 1 atom stereocenters. The van der Waals surface area contributed by atoms with Crippen LogP contribution < -0.4 is 10.2 Å². The van der Waals surface area contributed by atoms with Crippen molar-refractivity contribution in [2.45, 2.75) is 44.2 Å². The zero-order valence-corrected chi connectivity index (χ0v) is 15.8. The van der Waals surface area contributed by atoms with Gasteiger partial charge >= 0.3 is 0 Å². The van der Waals surface area contributed by atoms with Gasteiger partial charge in [-0.2, -0.15) is 0 Å². The Kier molecular flexibility index (Phi) is 5.77. The second kappa shape index (κ2) is 7.85. The third-order valence-electron chi connectivity index (χ3n) is 5.89. The highest BCUT2D eigenvalue weighted by Gasteiger charge is 2.34. The topological polar surface area (TPSA) is 44.8 Å². The summed E-state index contributed by atoms with van der Waals surface area (Å²) in [5, 5.41) is 3.71. The fraction of sp³-hybridized carbons (Fsp3) is 0.650. The minimum Gasteiger partial charge on any atom is -0.381 e. The number of carbonyl (C=O) groups is 1. The SMILES string of the molecule is CC(NCC1(N(C)C)CCOCC1)c1ccc(N2CCCC2=O)cc1. The van der Waals surface area contributed by atoms with Crippen LogP contribution >= 0.6 is 0 Å². The second-order valence-corrected chi connectivity index (χ2v) is 7.57. The molecule has 1 amide bonds. The van der Waals surface area contributed by atoms with E-state index in [1.165, 1.54) is 5.56 Å². The van der Waals surface area contributed by atoms with Crippen LogP contribution in [0.25, 0.3) is 0 Å². The molecule has 0 spiro atoms. The zero-order chi connectivity index (χ0) is 17.9. The first-order valence-corrected chi connectivity index (χ1v) is 9.41. The summed E-state index contributed by atoms with van der Waals surface area (Å²) >= 11 is 0. The van der Waals surface area contributed by atoms with Crippen LogP contribution in [-0.2, 0) is 9.53 Å². The Labute approximate surface area is 151 Å². The quantitative estimate of drug-likeness (QED) is 0.861. The lowest BCUT2D eigenvalue weighted by Crippen LogP contribution is -2.55. The number of carbonyl (C=O) groups excluding carboxylic acids is 1. The first-order valence-electron chi connectivity index (χ1n) is 9.41. The van der Waals surface area contributed by atoms with E-state index in [0.29, 0.717) is 6.42 Å². The Balaban J connectivity index is 1.61. The van der Waals surface area contributed by atoms with Crippen LogP contribution in [-0.4, -0.2) is 56.7 Å². The van der Waals surface area contributed by atoms with Gasteiger partial charge in [-0.15, -0.1) is 0 Å². The minimum atomic E-state index is 0.175. The van der Waals surface area contributed by atoms with Crippen molar-refractivity contribution in [2.24, 2.45) is 0 Å². The van der Waals surface area contributed by atoms with E-state index in [1.54, 1.807) is 0 Å². The van der Waals surface area contributed by atoms with Crippen molar-refractivity contribution in [3.05, 3.63) is 29.8 Å². The maximum atomic E-state index is 11.9. The third-order valence-corrected chi connectivity index (χ3v) is 5.89. The molecule has 0 saturated carbocycles. The van der Waals surface area contributed by atoms with Gasteiger partial charge in [0.1, 0.15) is 0 Å². The number of likely N-dealkylation sites (N-methyl/N-ethyl adjacent to an activating group) is 1. The van der Waals surface area contributed by atoms with E-state index in [-0.39, 0.29) is 17.5 Å². The molecular weight excluding hydrogens is 314 g/mol. The molecule has 2 fully saturated rings. The number of amides is 1. The van der Waals surface area contributed by atoms with Gasteiger partial charge in [0.15, 0.2) is 0 Å². The van der Waals surface area contributed by atoms with Crippen LogP contribution in [0.4, 0.5) is 5.69 Å². The van der Waals surface area contributed by atoms with E-state index in [1.807, 2.05) is 4.90 Å².